The van der Waals surface area contributed by atoms with E-state index < -0.39 is 0 Å². The molecule has 4 rings (SSSR count). The summed E-state index contributed by atoms with van der Waals surface area (Å²) >= 11 is 0. The lowest BCUT2D eigenvalue weighted by Gasteiger charge is -2.35. The molecule has 3 heterocycles. The van der Waals surface area contributed by atoms with Crippen LogP contribution in [0.1, 0.15) is 23.7 Å². The first-order valence-corrected chi connectivity index (χ1v) is 9.28. The summed E-state index contributed by atoms with van der Waals surface area (Å²) in [5.74, 6) is 1.93. The maximum atomic E-state index is 11.5. The zero-order valence-corrected chi connectivity index (χ0v) is 15.5. The highest BCUT2D eigenvalue weighted by Gasteiger charge is 2.23. The van der Waals surface area contributed by atoms with Gasteiger partial charge >= 0.3 is 0 Å². The van der Waals surface area contributed by atoms with Crippen molar-refractivity contribution in [2.24, 2.45) is 0 Å². The van der Waals surface area contributed by atoms with Gasteiger partial charge in [0.2, 0.25) is 11.9 Å². The van der Waals surface area contributed by atoms with E-state index in [0.717, 1.165) is 63.1 Å². The molecular weight excluding hydrogens is 326 g/mol. The van der Waals surface area contributed by atoms with Crippen LogP contribution in [-0.2, 0) is 17.8 Å². The third-order valence-corrected chi connectivity index (χ3v) is 5.29. The minimum Gasteiger partial charge on any atom is -0.353 e. The van der Waals surface area contributed by atoms with E-state index in [9.17, 15) is 4.79 Å². The highest BCUT2D eigenvalue weighted by atomic mass is 16.2. The third kappa shape index (κ3) is 3.36. The number of benzene rings is 1. The SMILES string of the molecule is CC(=O)N1CCN(c2cc(C)nc(N3CCc4ccccc4C3)n2)CC1. The molecule has 26 heavy (non-hydrogen) atoms. The molecule has 0 saturated carbocycles. The lowest BCUT2D eigenvalue weighted by molar-refractivity contribution is -0.129. The van der Waals surface area contributed by atoms with Gasteiger partial charge in [-0.15, -0.1) is 0 Å². The fourth-order valence-corrected chi connectivity index (χ4v) is 3.76. The normalized spacial score (nSPS) is 17.2. The molecule has 1 amide bonds. The van der Waals surface area contributed by atoms with Gasteiger partial charge in [0.25, 0.3) is 0 Å². The summed E-state index contributed by atoms with van der Waals surface area (Å²) < 4.78 is 0. The highest BCUT2D eigenvalue weighted by Crippen LogP contribution is 2.24. The van der Waals surface area contributed by atoms with Crippen molar-refractivity contribution >= 4 is 17.7 Å². The quantitative estimate of drug-likeness (QED) is 0.828. The van der Waals surface area contributed by atoms with Gasteiger partial charge in [-0.1, -0.05) is 24.3 Å². The van der Waals surface area contributed by atoms with Crippen LogP contribution in [0.4, 0.5) is 11.8 Å². The number of rotatable bonds is 2. The summed E-state index contributed by atoms with van der Waals surface area (Å²) in [5.41, 5.74) is 3.77. The van der Waals surface area contributed by atoms with Gasteiger partial charge in [0.15, 0.2) is 0 Å². The van der Waals surface area contributed by atoms with Crippen LogP contribution >= 0.6 is 0 Å². The summed E-state index contributed by atoms with van der Waals surface area (Å²) in [5, 5.41) is 0. The number of aromatic nitrogens is 2. The molecule has 2 aromatic rings. The van der Waals surface area contributed by atoms with Crippen LogP contribution in [0.25, 0.3) is 0 Å². The summed E-state index contributed by atoms with van der Waals surface area (Å²) in [6, 6.07) is 10.7. The summed E-state index contributed by atoms with van der Waals surface area (Å²) in [7, 11) is 0. The summed E-state index contributed by atoms with van der Waals surface area (Å²) in [6.07, 6.45) is 1.03. The molecule has 0 bridgehead atoms. The van der Waals surface area contributed by atoms with E-state index in [4.69, 9.17) is 9.97 Å². The predicted octanol–water partition coefficient (Wildman–Crippen LogP) is 2.02. The first-order valence-electron chi connectivity index (χ1n) is 9.28. The summed E-state index contributed by atoms with van der Waals surface area (Å²) in [6.45, 7) is 8.61. The zero-order chi connectivity index (χ0) is 18.1. The Hall–Kier alpha value is -2.63. The number of amides is 1. The minimum absolute atomic E-state index is 0.149. The monoisotopic (exact) mass is 351 g/mol. The number of carbonyl (C=O) groups is 1. The van der Waals surface area contributed by atoms with Crippen LogP contribution in [0.5, 0.6) is 0 Å². The second kappa shape index (κ2) is 6.94. The maximum absolute atomic E-state index is 11.5. The molecule has 2 aliphatic rings. The Morgan fingerprint density at radius 2 is 1.69 bits per heavy atom. The lowest BCUT2D eigenvalue weighted by atomic mass is 10.0. The topological polar surface area (TPSA) is 52.6 Å². The van der Waals surface area contributed by atoms with Crippen molar-refractivity contribution in [2.45, 2.75) is 26.8 Å². The zero-order valence-electron chi connectivity index (χ0n) is 15.5. The van der Waals surface area contributed by atoms with Crippen LogP contribution in [0, 0.1) is 6.92 Å². The first-order chi connectivity index (χ1) is 12.6. The van der Waals surface area contributed by atoms with E-state index in [1.54, 1.807) is 6.92 Å². The average molecular weight is 351 g/mol. The fraction of sp³-hybridized carbons (Fsp3) is 0.450. The van der Waals surface area contributed by atoms with Gasteiger partial charge in [0.05, 0.1) is 0 Å². The molecule has 2 aliphatic heterocycles. The number of piperazine rings is 1. The molecule has 1 saturated heterocycles. The second-order valence-electron chi connectivity index (χ2n) is 7.10. The molecule has 0 aliphatic carbocycles. The molecule has 1 aromatic heterocycles. The Bertz CT molecular complexity index is 814. The second-order valence-corrected chi connectivity index (χ2v) is 7.10. The van der Waals surface area contributed by atoms with E-state index in [-0.39, 0.29) is 5.91 Å². The van der Waals surface area contributed by atoms with E-state index in [1.165, 1.54) is 11.1 Å². The van der Waals surface area contributed by atoms with Crippen molar-refractivity contribution in [3.05, 3.63) is 47.2 Å². The molecule has 1 fully saturated rings. The van der Waals surface area contributed by atoms with Crippen molar-refractivity contribution in [1.29, 1.82) is 0 Å². The Morgan fingerprint density at radius 3 is 2.42 bits per heavy atom. The van der Waals surface area contributed by atoms with Gasteiger partial charge in [-0.2, -0.15) is 4.98 Å². The van der Waals surface area contributed by atoms with Crippen molar-refractivity contribution in [2.75, 3.05) is 42.5 Å². The number of hydrogen-bond donors (Lipinski definition) is 0. The van der Waals surface area contributed by atoms with Crippen molar-refractivity contribution < 1.29 is 4.79 Å². The number of fused-ring (bicyclic) bond motifs is 1. The van der Waals surface area contributed by atoms with E-state index >= 15 is 0 Å². The van der Waals surface area contributed by atoms with Crippen LogP contribution in [0.2, 0.25) is 0 Å². The van der Waals surface area contributed by atoms with E-state index in [2.05, 4.69) is 34.1 Å². The molecule has 0 spiro atoms. The Kier molecular flexibility index (Phi) is 4.49. The van der Waals surface area contributed by atoms with Crippen LogP contribution in [0.3, 0.4) is 0 Å². The Morgan fingerprint density at radius 1 is 0.962 bits per heavy atom. The molecule has 0 N–H and O–H groups in total. The number of hydrogen-bond acceptors (Lipinski definition) is 5. The number of anilines is 2. The molecule has 6 heteroatoms. The van der Waals surface area contributed by atoms with Crippen LogP contribution in [-0.4, -0.2) is 53.5 Å². The van der Waals surface area contributed by atoms with Crippen molar-refractivity contribution in [3.63, 3.8) is 0 Å². The minimum atomic E-state index is 0.149. The van der Waals surface area contributed by atoms with Gasteiger partial charge in [0.1, 0.15) is 5.82 Å². The Labute approximate surface area is 154 Å². The highest BCUT2D eigenvalue weighted by molar-refractivity contribution is 5.73. The third-order valence-electron chi connectivity index (χ3n) is 5.29. The van der Waals surface area contributed by atoms with E-state index in [1.807, 2.05) is 17.9 Å². The van der Waals surface area contributed by atoms with Gasteiger partial charge in [0, 0.05) is 58.0 Å². The van der Waals surface area contributed by atoms with Crippen LogP contribution < -0.4 is 9.80 Å². The number of aryl methyl sites for hydroxylation is 1. The lowest BCUT2D eigenvalue weighted by Crippen LogP contribution is -2.48. The van der Waals surface area contributed by atoms with Crippen LogP contribution in [0.15, 0.2) is 30.3 Å². The van der Waals surface area contributed by atoms with Crippen molar-refractivity contribution in [1.82, 2.24) is 14.9 Å². The van der Waals surface area contributed by atoms with Gasteiger partial charge in [-0.3, -0.25) is 4.79 Å². The maximum Gasteiger partial charge on any atom is 0.227 e. The van der Waals surface area contributed by atoms with E-state index in [0.29, 0.717) is 0 Å². The first kappa shape index (κ1) is 16.8. The van der Waals surface area contributed by atoms with Crippen molar-refractivity contribution in [3.8, 4) is 0 Å². The molecular formula is C20H25N5O. The molecule has 0 unspecified atom stereocenters. The predicted molar refractivity (Wildman–Crippen MR) is 102 cm³/mol. The molecule has 0 radical (unpaired) electrons. The smallest absolute Gasteiger partial charge is 0.227 e. The standard InChI is InChI=1S/C20H25N5O/c1-15-13-19(24-11-9-23(10-12-24)16(2)26)22-20(21-15)25-8-7-17-5-3-4-6-18(17)14-25/h3-6,13H,7-12,14H2,1-2H3. The summed E-state index contributed by atoms with van der Waals surface area (Å²) in [4.78, 5) is 27.5. The average Bonchev–Trinajstić information content (AvgIpc) is 2.67. The fourth-order valence-electron chi connectivity index (χ4n) is 3.76. The van der Waals surface area contributed by atoms with Gasteiger partial charge in [-0.05, 0) is 24.5 Å². The number of nitrogens with zero attached hydrogens (tertiary/aromatic N) is 5. The molecule has 1 aromatic carbocycles. The largest absolute Gasteiger partial charge is 0.353 e. The van der Waals surface area contributed by atoms with Gasteiger partial charge < -0.3 is 14.7 Å². The van der Waals surface area contributed by atoms with Gasteiger partial charge in [-0.25, -0.2) is 4.98 Å². The molecule has 136 valence electrons. The molecule has 6 nitrogen and oxygen atoms in total. The number of carbonyl (C=O) groups excluding carboxylic acids is 1. The molecule has 0 atom stereocenters. The Balaban J connectivity index is 1.53.